The molecule has 0 N–H and O–H groups in total. The molecule has 0 aliphatic heterocycles. The maximum absolute atomic E-state index is 10.8. The van der Waals surface area contributed by atoms with Crippen LogP contribution in [0.5, 0.6) is 0 Å². The van der Waals surface area contributed by atoms with Crippen LogP contribution in [0.4, 0.5) is 0 Å². The van der Waals surface area contributed by atoms with Crippen LogP contribution in [-0.4, -0.2) is 13.1 Å². The van der Waals surface area contributed by atoms with E-state index in [0.717, 1.165) is 5.56 Å². The molecule has 11 heavy (non-hydrogen) atoms. The van der Waals surface area contributed by atoms with Gasteiger partial charge in [-0.05, 0) is 17.0 Å². The molecule has 2 nitrogen and oxygen atoms in total. The lowest BCUT2D eigenvalue weighted by molar-refractivity contribution is -0.139. The molecule has 4 heteroatoms. The third kappa shape index (κ3) is 2.20. The van der Waals surface area contributed by atoms with Gasteiger partial charge in [-0.25, -0.2) is 0 Å². The summed E-state index contributed by atoms with van der Waals surface area (Å²) in [5, 5.41) is 1.85. The summed E-state index contributed by atoms with van der Waals surface area (Å²) in [6.07, 6.45) is 0.263. The number of carbonyl (C=O) groups excluding carboxylic acids is 1. The van der Waals surface area contributed by atoms with Crippen molar-refractivity contribution in [2.24, 2.45) is 0 Å². The number of ether oxygens (including phenoxy) is 1. The van der Waals surface area contributed by atoms with E-state index in [1.807, 2.05) is 11.4 Å². The average Bonchev–Trinajstić information content (AvgIpc) is 2.37. The first-order valence-electron chi connectivity index (χ1n) is 3.02. The van der Waals surface area contributed by atoms with E-state index < -0.39 is 0 Å². The minimum Gasteiger partial charge on any atom is -0.469 e. The number of hydrogen-bond acceptors (Lipinski definition) is 3. The van der Waals surface area contributed by atoms with E-state index in [1.54, 1.807) is 0 Å². The topological polar surface area (TPSA) is 26.3 Å². The highest BCUT2D eigenvalue weighted by Gasteiger charge is 2.06. The predicted molar refractivity (Wildman–Crippen MR) is 45.0 cm³/mol. The summed E-state index contributed by atoms with van der Waals surface area (Å²) >= 11 is 7.17. The molecule has 0 aliphatic rings. The van der Waals surface area contributed by atoms with Gasteiger partial charge in [-0.15, -0.1) is 11.3 Å². The minimum atomic E-state index is -0.259. The van der Waals surface area contributed by atoms with Crippen LogP contribution < -0.4 is 0 Å². The Labute approximate surface area is 73.7 Å². The molecule has 1 aromatic rings. The van der Waals surface area contributed by atoms with E-state index in [-0.39, 0.29) is 12.4 Å². The number of carbonyl (C=O) groups is 1. The second-order valence-corrected chi connectivity index (χ2v) is 3.49. The molecule has 0 aliphatic carbocycles. The third-order valence-electron chi connectivity index (χ3n) is 1.26. The van der Waals surface area contributed by atoms with Gasteiger partial charge < -0.3 is 4.74 Å². The van der Waals surface area contributed by atoms with Crippen molar-refractivity contribution in [3.05, 3.63) is 21.3 Å². The lowest BCUT2D eigenvalue weighted by Crippen LogP contribution is -2.03. The van der Waals surface area contributed by atoms with Crippen molar-refractivity contribution in [3.63, 3.8) is 0 Å². The molecule has 0 atom stereocenters. The van der Waals surface area contributed by atoms with Gasteiger partial charge in [0.15, 0.2) is 0 Å². The summed E-state index contributed by atoms with van der Waals surface area (Å²) in [6.45, 7) is 0. The Kier molecular flexibility index (Phi) is 2.91. The lowest BCUT2D eigenvalue weighted by atomic mass is 10.2. The highest BCUT2D eigenvalue weighted by atomic mass is 35.5. The molecule has 1 heterocycles. The summed E-state index contributed by atoms with van der Waals surface area (Å²) < 4.78 is 5.15. The van der Waals surface area contributed by atoms with Crippen LogP contribution >= 0.6 is 22.9 Å². The molecule has 0 fully saturated rings. The van der Waals surface area contributed by atoms with Crippen molar-refractivity contribution in [1.29, 1.82) is 0 Å². The Morgan fingerprint density at radius 1 is 1.82 bits per heavy atom. The molecule has 0 spiro atoms. The van der Waals surface area contributed by atoms with Gasteiger partial charge in [-0.2, -0.15) is 0 Å². The first-order chi connectivity index (χ1) is 5.24. The predicted octanol–water partition coefficient (Wildman–Crippen LogP) is 2.12. The van der Waals surface area contributed by atoms with Crippen molar-refractivity contribution >= 4 is 28.9 Å². The molecule has 0 saturated carbocycles. The molecule has 1 rings (SSSR count). The van der Waals surface area contributed by atoms with Crippen LogP contribution in [0.3, 0.4) is 0 Å². The largest absolute Gasteiger partial charge is 0.469 e. The van der Waals surface area contributed by atoms with Crippen molar-refractivity contribution < 1.29 is 9.53 Å². The molecular formula is C7H7ClO2S. The summed E-state index contributed by atoms with van der Waals surface area (Å²) in [4.78, 5) is 10.8. The van der Waals surface area contributed by atoms with Gasteiger partial charge in [-0.3, -0.25) is 4.79 Å². The van der Waals surface area contributed by atoms with E-state index in [4.69, 9.17) is 11.6 Å². The number of hydrogen-bond donors (Lipinski definition) is 0. The van der Waals surface area contributed by atoms with Gasteiger partial charge in [0.2, 0.25) is 0 Å². The Morgan fingerprint density at radius 2 is 2.55 bits per heavy atom. The fourth-order valence-corrected chi connectivity index (χ4v) is 1.60. The third-order valence-corrected chi connectivity index (χ3v) is 2.51. The SMILES string of the molecule is COC(=O)Cc1ccsc1Cl. The van der Waals surface area contributed by atoms with Crippen molar-refractivity contribution in [2.45, 2.75) is 6.42 Å². The Morgan fingerprint density at radius 3 is 3.00 bits per heavy atom. The van der Waals surface area contributed by atoms with Crippen LogP contribution in [0, 0.1) is 0 Å². The molecule has 0 aromatic carbocycles. The van der Waals surface area contributed by atoms with Crippen LogP contribution in [0.2, 0.25) is 4.34 Å². The summed E-state index contributed by atoms with van der Waals surface area (Å²) in [6, 6.07) is 1.82. The van der Waals surface area contributed by atoms with Crippen LogP contribution in [0.1, 0.15) is 5.56 Å². The lowest BCUT2D eigenvalue weighted by Gasteiger charge is -1.95. The summed E-state index contributed by atoms with van der Waals surface area (Å²) in [5.41, 5.74) is 0.837. The summed E-state index contributed by atoms with van der Waals surface area (Å²) in [7, 11) is 1.36. The zero-order valence-electron chi connectivity index (χ0n) is 5.96. The second-order valence-electron chi connectivity index (χ2n) is 1.97. The number of esters is 1. The van der Waals surface area contributed by atoms with Crippen molar-refractivity contribution in [1.82, 2.24) is 0 Å². The first-order valence-corrected chi connectivity index (χ1v) is 4.28. The molecule has 0 amide bonds. The highest BCUT2D eigenvalue weighted by molar-refractivity contribution is 7.14. The molecule has 0 unspecified atom stereocenters. The van der Waals surface area contributed by atoms with Gasteiger partial charge >= 0.3 is 5.97 Å². The zero-order valence-corrected chi connectivity index (χ0v) is 7.54. The summed E-state index contributed by atoms with van der Waals surface area (Å²) in [5.74, 6) is -0.259. The van der Waals surface area contributed by atoms with Gasteiger partial charge in [0.25, 0.3) is 0 Å². The van der Waals surface area contributed by atoms with Crippen LogP contribution in [0.15, 0.2) is 11.4 Å². The van der Waals surface area contributed by atoms with E-state index in [0.29, 0.717) is 4.34 Å². The maximum Gasteiger partial charge on any atom is 0.310 e. The zero-order chi connectivity index (χ0) is 8.27. The van der Waals surface area contributed by atoms with E-state index in [2.05, 4.69) is 4.74 Å². The van der Waals surface area contributed by atoms with Crippen molar-refractivity contribution in [2.75, 3.05) is 7.11 Å². The van der Waals surface area contributed by atoms with Gasteiger partial charge in [0.1, 0.15) is 0 Å². The van der Waals surface area contributed by atoms with E-state index >= 15 is 0 Å². The van der Waals surface area contributed by atoms with Gasteiger partial charge in [-0.1, -0.05) is 11.6 Å². The molecule has 60 valence electrons. The molecule has 0 saturated heterocycles. The number of methoxy groups -OCH3 is 1. The number of rotatable bonds is 2. The van der Waals surface area contributed by atoms with Crippen molar-refractivity contribution in [3.8, 4) is 0 Å². The Bertz CT molecular complexity index is 257. The molecule has 0 bridgehead atoms. The highest BCUT2D eigenvalue weighted by Crippen LogP contribution is 2.22. The molecule has 0 radical (unpaired) electrons. The van der Waals surface area contributed by atoms with E-state index in [1.165, 1.54) is 18.4 Å². The van der Waals surface area contributed by atoms with E-state index in [9.17, 15) is 4.79 Å². The Balaban J connectivity index is 2.64. The fraction of sp³-hybridized carbons (Fsp3) is 0.286. The quantitative estimate of drug-likeness (QED) is 0.668. The molecule has 1 aromatic heterocycles. The smallest absolute Gasteiger partial charge is 0.310 e. The number of thiophene rings is 1. The first kappa shape index (κ1) is 8.56. The fourth-order valence-electron chi connectivity index (χ4n) is 0.673. The van der Waals surface area contributed by atoms with Crippen LogP contribution in [0.25, 0.3) is 0 Å². The maximum atomic E-state index is 10.8. The molecular weight excluding hydrogens is 184 g/mol. The van der Waals surface area contributed by atoms with Crippen LogP contribution in [-0.2, 0) is 16.0 Å². The minimum absolute atomic E-state index is 0.259. The van der Waals surface area contributed by atoms with Gasteiger partial charge in [0, 0.05) is 0 Å². The average molecular weight is 191 g/mol. The van der Waals surface area contributed by atoms with Gasteiger partial charge in [0.05, 0.1) is 17.9 Å². The normalized spacial score (nSPS) is 9.64. The standard InChI is InChI=1S/C7H7ClO2S/c1-10-6(9)4-5-2-3-11-7(5)8/h2-3H,4H2,1H3. The second kappa shape index (κ2) is 3.74. The number of halogens is 1. The monoisotopic (exact) mass is 190 g/mol. The Hall–Kier alpha value is -0.540.